The van der Waals surface area contributed by atoms with E-state index in [1.165, 1.54) is 18.7 Å². The molecule has 31 heavy (non-hydrogen) atoms. The zero-order valence-electron chi connectivity index (χ0n) is 17.0. The minimum atomic E-state index is -0.751. The molecule has 2 amide bonds. The molecule has 0 bridgehead atoms. The van der Waals surface area contributed by atoms with Gasteiger partial charge in [0, 0.05) is 13.1 Å². The van der Waals surface area contributed by atoms with Crippen molar-refractivity contribution in [3.05, 3.63) is 65.9 Å². The summed E-state index contributed by atoms with van der Waals surface area (Å²) in [7, 11) is 0. The molecule has 7 nitrogen and oxygen atoms in total. The molecule has 5 rings (SSSR count). The number of fused-ring (bicyclic) bond motifs is 5. The van der Waals surface area contributed by atoms with Crippen LogP contribution in [0.2, 0.25) is 0 Å². The molecule has 0 spiro atoms. The highest BCUT2D eigenvalue weighted by Crippen LogP contribution is 2.53. The van der Waals surface area contributed by atoms with E-state index in [9.17, 15) is 19.2 Å². The number of carbonyl (C=O) groups is 4. The van der Waals surface area contributed by atoms with Gasteiger partial charge in [-0.3, -0.25) is 19.2 Å². The van der Waals surface area contributed by atoms with Gasteiger partial charge in [0.15, 0.2) is 5.78 Å². The van der Waals surface area contributed by atoms with E-state index in [2.05, 4.69) is 0 Å². The number of imide groups is 1. The van der Waals surface area contributed by atoms with Crippen molar-refractivity contribution in [2.45, 2.75) is 25.9 Å². The highest BCUT2D eigenvalue weighted by molar-refractivity contribution is 6.24. The summed E-state index contributed by atoms with van der Waals surface area (Å²) in [6, 6.07) is 12.9. The van der Waals surface area contributed by atoms with Crippen molar-refractivity contribution in [2.75, 3.05) is 4.90 Å². The van der Waals surface area contributed by atoms with Gasteiger partial charge in [0.05, 0.1) is 29.6 Å². The molecular weight excluding hydrogens is 396 g/mol. The van der Waals surface area contributed by atoms with Crippen molar-refractivity contribution >= 4 is 35.3 Å². The molecular formula is C24H20N2O5. The molecule has 2 aromatic carbocycles. The van der Waals surface area contributed by atoms with Crippen LogP contribution in [0.3, 0.4) is 0 Å². The van der Waals surface area contributed by atoms with Crippen LogP contribution < -0.4 is 9.64 Å². The quantitative estimate of drug-likeness (QED) is 0.435. The molecule has 2 fully saturated rings. The van der Waals surface area contributed by atoms with Crippen molar-refractivity contribution in [3.8, 4) is 5.75 Å². The number of esters is 1. The molecule has 0 aromatic heterocycles. The first kappa shape index (κ1) is 19.2. The number of nitrogens with zero attached hydrogens (tertiary/aromatic N) is 2. The lowest BCUT2D eigenvalue weighted by molar-refractivity contribution is -0.132. The molecule has 3 aliphatic rings. The van der Waals surface area contributed by atoms with E-state index in [1.807, 2.05) is 41.4 Å². The number of benzene rings is 2. The molecule has 4 unspecified atom stereocenters. The first-order chi connectivity index (χ1) is 14.9. The monoisotopic (exact) mass is 416 g/mol. The third-order valence-corrected chi connectivity index (χ3v) is 6.23. The minimum Gasteiger partial charge on any atom is -0.427 e. The van der Waals surface area contributed by atoms with Gasteiger partial charge in [-0.05, 0) is 48.4 Å². The Balaban J connectivity index is 1.56. The minimum absolute atomic E-state index is 0.144. The fraction of sp³-hybridized carbons (Fsp3) is 0.250. The maximum Gasteiger partial charge on any atom is 0.308 e. The Hall–Kier alpha value is -3.74. The number of ketones is 1. The third kappa shape index (κ3) is 2.80. The Morgan fingerprint density at radius 3 is 2.26 bits per heavy atom. The van der Waals surface area contributed by atoms with Crippen molar-refractivity contribution in [3.63, 3.8) is 0 Å². The number of carbonyl (C=O) groups excluding carboxylic acids is 4. The van der Waals surface area contributed by atoms with Crippen LogP contribution in [0.4, 0.5) is 5.69 Å². The average molecular weight is 416 g/mol. The van der Waals surface area contributed by atoms with Crippen molar-refractivity contribution in [1.29, 1.82) is 0 Å². The highest BCUT2D eigenvalue weighted by Gasteiger charge is 2.63. The number of anilines is 1. The topological polar surface area (TPSA) is 84.0 Å². The molecule has 2 aromatic rings. The Labute approximate surface area is 178 Å². The maximum atomic E-state index is 13.6. The predicted octanol–water partition coefficient (Wildman–Crippen LogP) is 2.72. The molecule has 0 saturated carbocycles. The zero-order chi connectivity index (χ0) is 21.9. The molecule has 0 aliphatic carbocycles. The lowest BCUT2D eigenvalue weighted by Gasteiger charge is -2.34. The largest absolute Gasteiger partial charge is 0.427 e. The summed E-state index contributed by atoms with van der Waals surface area (Å²) in [4.78, 5) is 53.8. The fourth-order valence-electron chi connectivity index (χ4n) is 5.11. The Morgan fingerprint density at radius 2 is 1.58 bits per heavy atom. The van der Waals surface area contributed by atoms with Crippen molar-refractivity contribution in [1.82, 2.24) is 4.90 Å². The lowest BCUT2D eigenvalue weighted by atomic mass is 9.84. The molecule has 3 aliphatic heterocycles. The maximum absolute atomic E-state index is 13.6. The lowest BCUT2D eigenvalue weighted by Crippen LogP contribution is -2.43. The Kier molecular flexibility index (Phi) is 4.28. The molecule has 4 atom stereocenters. The van der Waals surface area contributed by atoms with Gasteiger partial charge in [0.2, 0.25) is 11.8 Å². The van der Waals surface area contributed by atoms with Gasteiger partial charge in [-0.15, -0.1) is 0 Å². The van der Waals surface area contributed by atoms with Crippen molar-refractivity contribution in [2.24, 2.45) is 11.8 Å². The SMILES string of the molecule is CC(=O)Oc1ccc(N2C(=O)C3C(C2=O)C2c4ccccc4C=CN2C3C(C)=O)cc1. The van der Waals surface area contributed by atoms with Crippen LogP contribution in [0.15, 0.2) is 54.7 Å². The van der Waals surface area contributed by atoms with Crippen LogP contribution in [0.5, 0.6) is 5.75 Å². The number of hydrogen-bond acceptors (Lipinski definition) is 6. The van der Waals surface area contributed by atoms with E-state index in [0.717, 1.165) is 11.1 Å². The molecule has 7 heteroatoms. The molecule has 0 N–H and O–H groups in total. The fourth-order valence-corrected chi connectivity index (χ4v) is 5.11. The van der Waals surface area contributed by atoms with Crippen LogP contribution in [0.1, 0.15) is 31.0 Å². The summed E-state index contributed by atoms with van der Waals surface area (Å²) in [5.74, 6) is -2.37. The summed E-state index contributed by atoms with van der Waals surface area (Å²) in [6.07, 6.45) is 3.75. The number of rotatable bonds is 3. The zero-order valence-corrected chi connectivity index (χ0v) is 17.0. The second-order valence-corrected chi connectivity index (χ2v) is 8.04. The number of Topliss-reactive ketones (excluding diaryl/α,β-unsaturated/α-hetero) is 1. The first-order valence-corrected chi connectivity index (χ1v) is 10.1. The third-order valence-electron chi connectivity index (χ3n) is 6.23. The van der Waals surface area contributed by atoms with E-state index in [4.69, 9.17) is 4.74 Å². The summed E-state index contributed by atoms with van der Waals surface area (Å²) in [5, 5.41) is 0. The normalized spacial score (nSPS) is 25.9. The van der Waals surface area contributed by atoms with Gasteiger partial charge >= 0.3 is 5.97 Å². The van der Waals surface area contributed by atoms with Gasteiger partial charge in [0.25, 0.3) is 0 Å². The van der Waals surface area contributed by atoms with Crippen LogP contribution in [0, 0.1) is 11.8 Å². The van der Waals surface area contributed by atoms with Gasteiger partial charge in [-0.25, -0.2) is 4.90 Å². The predicted molar refractivity (Wildman–Crippen MR) is 112 cm³/mol. The van der Waals surface area contributed by atoms with E-state index in [-0.39, 0.29) is 23.6 Å². The van der Waals surface area contributed by atoms with Gasteiger partial charge in [-0.2, -0.15) is 0 Å². The Morgan fingerprint density at radius 1 is 0.903 bits per heavy atom. The standard InChI is InChI=1S/C24H20N2O5/c1-13(27)21-19-20(22-18-6-4-3-5-15(18)11-12-25(21)22)24(30)26(23(19)29)16-7-9-17(10-8-16)31-14(2)28/h3-12,19-22H,1-2H3. The average Bonchev–Trinajstić information content (AvgIpc) is 3.21. The van der Waals surface area contributed by atoms with E-state index in [0.29, 0.717) is 11.4 Å². The highest BCUT2D eigenvalue weighted by atomic mass is 16.5. The van der Waals surface area contributed by atoms with Gasteiger partial charge in [0.1, 0.15) is 5.75 Å². The van der Waals surface area contributed by atoms with Crippen molar-refractivity contribution < 1.29 is 23.9 Å². The van der Waals surface area contributed by atoms with Crippen LogP contribution in [-0.4, -0.2) is 34.5 Å². The second-order valence-electron chi connectivity index (χ2n) is 8.04. The van der Waals surface area contributed by atoms with Crippen LogP contribution in [-0.2, 0) is 19.2 Å². The second kappa shape index (κ2) is 6.91. The summed E-state index contributed by atoms with van der Waals surface area (Å²) in [5.41, 5.74) is 2.32. The van der Waals surface area contributed by atoms with Gasteiger partial charge in [-0.1, -0.05) is 24.3 Å². The summed E-state index contributed by atoms with van der Waals surface area (Å²) < 4.78 is 5.03. The molecule has 2 saturated heterocycles. The van der Waals surface area contributed by atoms with E-state index < -0.39 is 23.8 Å². The summed E-state index contributed by atoms with van der Waals surface area (Å²) >= 11 is 0. The number of ether oxygens (including phenoxy) is 1. The first-order valence-electron chi connectivity index (χ1n) is 10.1. The molecule has 156 valence electrons. The number of amides is 2. The number of hydrogen-bond donors (Lipinski definition) is 0. The van der Waals surface area contributed by atoms with Gasteiger partial charge < -0.3 is 9.64 Å². The summed E-state index contributed by atoms with van der Waals surface area (Å²) in [6.45, 7) is 2.76. The van der Waals surface area contributed by atoms with E-state index in [1.54, 1.807) is 24.3 Å². The molecule has 0 radical (unpaired) electrons. The van der Waals surface area contributed by atoms with E-state index >= 15 is 0 Å². The van der Waals surface area contributed by atoms with Crippen LogP contribution in [0.25, 0.3) is 6.08 Å². The molecule has 3 heterocycles. The Bertz CT molecular complexity index is 1150. The smallest absolute Gasteiger partial charge is 0.308 e. The van der Waals surface area contributed by atoms with Crippen LogP contribution >= 0.6 is 0 Å².